The smallest absolute Gasteiger partial charge is 0.0321 e. The Morgan fingerprint density at radius 3 is 2.67 bits per heavy atom. The molecule has 0 fully saturated rings. The molecular formula is C7H10N2. The molecule has 0 heterocycles. The Labute approximate surface area is 55.3 Å². The second-order valence-corrected chi connectivity index (χ2v) is 1.37. The van der Waals surface area contributed by atoms with E-state index in [1.165, 1.54) is 0 Å². The highest BCUT2D eigenvalue weighted by molar-refractivity contribution is 5.27. The van der Waals surface area contributed by atoms with Crippen molar-refractivity contribution in [2.75, 3.05) is 0 Å². The Morgan fingerprint density at radius 2 is 2.22 bits per heavy atom. The summed E-state index contributed by atoms with van der Waals surface area (Å²) in [5, 5.41) is 2.78. The van der Waals surface area contributed by atoms with Crippen molar-refractivity contribution in [3.05, 3.63) is 37.3 Å². The zero-order valence-electron chi connectivity index (χ0n) is 5.30. The summed E-state index contributed by atoms with van der Waals surface area (Å²) in [5.74, 6) is 0. The molecule has 0 aliphatic heterocycles. The number of aliphatic imine (C=N–C) groups is 1. The molecule has 9 heavy (non-hydrogen) atoms. The maximum Gasteiger partial charge on any atom is 0.0321 e. The van der Waals surface area contributed by atoms with Crippen LogP contribution in [0.1, 0.15) is 0 Å². The van der Waals surface area contributed by atoms with Gasteiger partial charge < -0.3 is 5.32 Å². The molecule has 0 aliphatic rings. The minimum absolute atomic E-state index is 0.748. The van der Waals surface area contributed by atoms with Crippen molar-refractivity contribution in [2.45, 2.75) is 0 Å². The van der Waals surface area contributed by atoms with Gasteiger partial charge >= 0.3 is 0 Å². The molecule has 0 saturated heterocycles. The van der Waals surface area contributed by atoms with Gasteiger partial charge in [0.1, 0.15) is 0 Å². The van der Waals surface area contributed by atoms with Crippen LogP contribution in [0, 0.1) is 0 Å². The Balaban J connectivity index is 3.61. The van der Waals surface area contributed by atoms with Crippen molar-refractivity contribution < 1.29 is 0 Å². The van der Waals surface area contributed by atoms with Gasteiger partial charge in [0.15, 0.2) is 0 Å². The molecule has 0 unspecified atom stereocenters. The lowest BCUT2D eigenvalue weighted by atomic mass is 10.5. The summed E-state index contributed by atoms with van der Waals surface area (Å²) in [5.41, 5.74) is 0.748. The van der Waals surface area contributed by atoms with Gasteiger partial charge in [0.05, 0.1) is 0 Å². The first-order chi connectivity index (χ1) is 4.31. The van der Waals surface area contributed by atoms with E-state index in [0.717, 1.165) is 5.70 Å². The van der Waals surface area contributed by atoms with E-state index in [9.17, 15) is 0 Å². The second kappa shape index (κ2) is 4.84. The minimum Gasteiger partial charge on any atom is -0.363 e. The van der Waals surface area contributed by atoms with E-state index in [1.807, 2.05) is 0 Å². The number of rotatable bonds is 4. The summed E-state index contributed by atoms with van der Waals surface area (Å²) in [6.45, 7) is 10.3. The van der Waals surface area contributed by atoms with E-state index in [-0.39, 0.29) is 0 Å². The molecule has 0 atom stereocenters. The molecule has 1 N–H and O–H groups in total. The van der Waals surface area contributed by atoms with E-state index in [1.54, 1.807) is 18.5 Å². The Morgan fingerprint density at radius 1 is 1.56 bits per heavy atom. The average Bonchev–Trinajstić information content (AvgIpc) is 1.85. The molecule has 0 saturated carbocycles. The normalized spacial score (nSPS) is 8.89. The summed E-state index contributed by atoms with van der Waals surface area (Å²) in [4.78, 5) is 3.49. The van der Waals surface area contributed by atoms with Gasteiger partial charge in [0.2, 0.25) is 0 Å². The quantitative estimate of drug-likeness (QED) is 0.443. The van der Waals surface area contributed by atoms with E-state index in [4.69, 9.17) is 0 Å². The first kappa shape index (κ1) is 7.69. The fourth-order valence-corrected chi connectivity index (χ4v) is 0.322. The molecule has 2 heteroatoms. The topological polar surface area (TPSA) is 24.4 Å². The molecule has 0 aromatic rings. The van der Waals surface area contributed by atoms with E-state index in [0.29, 0.717) is 0 Å². The lowest BCUT2D eigenvalue weighted by Crippen LogP contribution is -1.98. The third kappa shape index (κ3) is 4.55. The molecule has 0 rings (SSSR count). The third-order valence-corrected chi connectivity index (χ3v) is 0.669. The van der Waals surface area contributed by atoms with Crippen LogP contribution in [0.2, 0.25) is 0 Å². The van der Waals surface area contributed by atoms with Gasteiger partial charge in [0, 0.05) is 11.9 Å². The molecule has 2 nitrogen and oxygen atoms in total. The number of hydrogen-bond donors (Lipinski definition) is 1. The maximum absolute atomic E-state index is 3.62. The molecule has 0 aliphatic carbocycles. The first-order valence-electron chi connectivity index (χ1n) is 2.50. The van der Waals surface area contributed by atoms with Crippen LogP contribution in [0.3, 0.4) is 0 Å². The first-order valence-corrected chi connectivity index (χ1v) is 2.50. The molecular weight excluding hydrogens is 112 g/mol. The molecule has 48 valence electrons. The Hall–Kier alpha value is -1.31. The summed E-state index contributed by atoms with van der Waals surface area (Å²) in [7, 11) is 0. The van der Waals surface area contributed by atoms with Gasteiger partial charge in [-0.15, -0.1) is 0 Å². The molecule has 0 bridgehead atoms. The predicted molar refractivity (Wildman–Crippen MR) is 41.2 cm³/mol. The van der Waals surface area contributed by atoms with Gasteiger partial charge in [-0.1, -0.05) is 13.2 Å². The maximum atomic E-state index is 3.62. The van der Waals surface area contributed by atoms with Crippen LogP contribution in [-0.4, -0.2) is 6.72 Å². The summed E-state index contributed by atoms with van der Waals surface area (Å²) in [6, 6.07) is 0. The summed E-state index contributed by atoms with van der Waals surface area (Å²) < 4.78 is 0. The second-order valence-electron chi connectivity index (χ2n) is 1.37. The van der Waals surface area contributed by atoms with Crippen LogP contribution in [0.5, 0.6) is 0 Å². The SMILES string of the molecule is C=CNC(=C)/C=C\N=C. The van der Waals surface area contributed by atoms with E-state index < -0.39 is 0 Å². The van der Waals surface area contributed by atoms with Crippen LogP contribution < -0.4 is 5.32 Å². The van der Waals surface area contributed by atoms with Crippen molar-refractivity contribution in [3.63, 3.8) is 0 Å². The van der Waals surface area contributed by atoms with Crippen molar-refractivity contribution in [3.8, 4) is 0 Å². The van der Waals surface area contributed by atoms with Crippen LogP contribution in [0.4, 0.5) is 0 Å². The molecule has 0 spiro atoms. The molecule has 0 aromatic carbocycles. The predicted octanol–water partition coefficient (Wildman–Crippen LogP) is 1.45. The largest absolute Gasteiger partial charge is 0.363 e. The molecule has 0 radical (unpaired) electrons. The van der Waals surface area contributed by atoms with Gasteiger partial charge in [-0.05, 0) is 19.0 Å². The highest BCUT2D eigenvalue weighted by Gasteiger charge is 1.75. The number of nitrogens with one attached hydrogen (secondary N) is 1. The van der Waals surface area contributed by atoms with Gasteiger partial charge in [-0.25, -0.2) is 0 Å². The fourth-order valence-electron chi connectivity index (χ4n) is 0.322. The highest BCUT2D eigenvalue weighted by Crippen LogP contribution is 1.85. The van der Waals surface area contributed by atoms with Crippen LogP contribution in [0.25, 0.3) is 0 Å². The number of nitrogens with zero attached hydrogens (tertiary/aromatic N) is 1. The standard InChI is InChI=1S/C7H10N2/c1-4-9-7(2)5-6-8-3/h4-6,9H,1-3H2/b6-5-. The van der Waals surface area contributed by atoms with Crippen LogP contribution in [-0.2, 0) is 0 Å². The zero-order valence-corrected chi connectivity index (χ0v) is 5.30. The van der Waals surface area contributed by atoms with E-state index >= 15 is 0 Å². The zero-order chi connectivity index (χ0) is 7.11. The van der Waals surface area contributed by atoms with Gasteiger partial charge in [-0.2, -0.15) is 0 Å². The highest BCUT2D eigenvalue weighted by atomic mass is 14.8. The lowest BCUT2D eigenvalue weighted by molar-refractivity contribution is 1.13. The lowest BCUT2D eigenvalue weighted by Gasteiger charge is -1.93. The third-order valence-electron chi connectivity index (χ3n) is 0.669. The van der Waals surface area contributed by atoms with Crippen molar-refractivity contribution in [1.82, 2.24) is 5.32 Å². The minimum atomic E-state index is 0.748. The van der Waals surface area contributed by atoms with E-state index in [2.05, 4.69) is 30.2 Å². The Bertz CT molecular complexity index is 145. The van der Waals surface area contributed by atoms with Crippen molar-refractivity contribution >= 4 is 6.72 Å². The average molecular weight is 122 g/mol. The number of allylic oxidation sites excluding steroid dienone is 1. The van der Waals surface area contributed by atoms with Gasteiger partial charge in [0.25, 0.3) is 0 Å². The number of hydrogen-bond acceptors (Lipinski definition) is 2. The van der Waals surface area contributed by atoms with Crippen molar-refractivity contribution in [1.29, 1.82) is 0 Å². The Kier molecular flexibility index (Phi) is 4.14. The van der Waals surface area contributed by atoms with Crippen molar-refractivity contribution in [2.24, 2.45) is 4.99 Å². The fraction of sp³-hybridized carbons (Fsp3) is 0. The summed E-state index contributed by atoms with van der Waals surface area (Å²) in [6.07, 6.45) is 4.81. The molecule has 0 amide bonds. The van der Waals surface area contributed by atoms with Crippen LogP contribution in [0.15, 0.2) is 42.3 Å². The van der Waals surface area contributed by atoms with Gasteiger partial charge in [-0.3, -0.25) is 4.99 Å². The monoisotopic (exact) mass is 122 g/mol. The summed E-state index contributed by atoms with van der Waals surface area (Å²) >= 11 is 0. The van der Waals surface area contributed by atoms with Crippen LogP contribution >= 0.6 is 0 Å². The molecule has 0 aromatic heterocycles.